The smallest absolute Gasteiger partial charge is 0.271 e. The van der Waals surface area contributed by atoms with Crippen molar-refractivity contribution >= 4 is 43.0 Å². The van der Waals surface area contributed by atoms with Gasteiger partial charge in [0.1, 0.15) is 9.96 Å². The zero-order valence-electron chi connectivity index (χ0n) is 10.3. The van der Waals surface area contributed by atoms with Crippen molar-refractivity contribution in [1.29, 1.82) is 0 Å². The first-order valence-corrected chi connectivity index (χ1v) is 8.44. The average molecular weight is 362 g/mol. The van der Waals surface area contributed by atoms with Crippen molar-refractivity contribution in [3.05, 3.63) is 39.7 Å². The fourth-order valence-corrected chi connectivity index (χ4v) is 4.29. The molecule has 0 radical (unpaired) electrons. The molecule has 0 fully saturated rings. The number of methoxy groups -OCH3 is 1. The van der Waals surface area contributed by atoms with Gasteiger partial charge in [-0.2, -0.15) is 0 Å². The number of sulfonamides is 1. The van der Waals surface area contributed by atoms with Crippen molar-refractivity contribution in [2.24, 2.45) is 0 Å². The Bertz CT molecular complexity index is 695. The summed E-state index contributed by atoms with van der Waals surface area (Å²) in [5.74, 6) is 0.586. The zero-order chi connectivity index (χ0) is 14.0. The molecular formula is C12H12BrNO3S2. The summed E-state index contributed by atoms with van der Waals surface area (Å²) >= 11 is 4.54. The van der Waals surface area contributed by atoms with Crippen molar-refractivity contribution < 1.29 is 13.2 Å². The number of aryl methyl sites for hydroxylation is 1. The third-order valence-corrected chi connectivity index (χ3v) is 5.95. The van der Waals surface area contributed by atoms with Gasteiger partial charge in [-0.3, -0.25) is 4.72 Å². The maximum absolute atomic E-state index is 12.2. The second-order valence-corrected chi connectivity index (χ2v) is 7.87. The van der Waals surface area contributed by atoms with Crippen LogP contribution in [0.3, 0.4) is 0 Å². The molecule has 102 valence electrons. The van der Waals surface area contributed by atoms with E-state index in [1.165, 1.54) is 18.4 Å². The van der Waals surface area contributed by atoms with Crippen LogP contribution in [0, 0.1) is 6.92 Å². The largest absolute Gasteiger partial charge is 0.497 e. The van der Waals surface area contributed by atoms with Crippen LogP contribution in [-0.4, -0.2) is 15.5 Å². The van der Waals surface area contributed by atoms with Crippen LogP contribution < -0.4 is 9.46 Å². The minimum atomic E-state index is -3.56. The van der Waals surface area contributed by atoms with Gasteiger partial charge in [-0.1, -0.05) is 0 Å². The van der Waals surface area contributed by atoms with E-state index >= 15 is 0 Å². The molecule has 7 heteroatoms. The number of rotatable bonds is 4. The highest BCUT2D eigenvalue weighted by Crippen LogP contribution is 2.30. The van der Waals surface area contributed by atoms with E-state index in [-0.39, 0.29) is 0 Å². The fraction of sp³-hybridized carbons (Fsp3) is 0.167. The molecule has 1 aromatic carbocycles. The van der Waals surface area contributed by atoms with Crippen LogP contribution in [0.15, 0.2) is 39.0 Å². The summed E-state index contributed by atoms with van der Waals surface area (Å²) in [5.41, 5.74) is 0.449. The van der Waals surface area contributed by atoms with Crippen LogP contribution in [0.2, 0.25) is 0 Å². The van der Waals surface area contributed by atoms with E-state index in [4.69, 9.17) is 4.74 Å². The van der Waals surface area contributed by atoms with Crippen LogP contribution in [0.5, 0.6) is 5.75 Å². The maximum Gasteiger partial charge on any atom is 0.271 e. The minimum absolute atomic E-state index is 0.291. The predicted molar refractivity (Wildman–Crippen MR) is 80.6 cm³/mol. The Balaban J connectivity index is 2.35. The predicted octanol–water partition coefficient (Wildman–Crippen LogP) is 3.63. The van der Waals surface area contributed by atoms with E-state index in [1.807, 2.05) is 6.92 Å². The second-order valence-electron chi connectivity index (χ2n) is 3.82. The molecule has 2 rings (SSSR count). The molecule has 1 heterocycles. The van der Waals surface area contributed by atoms with Crippen molar-refractivity contribution in [3.8, 4) is 5.75 Å². The third-order valence-electron chi connectivity index (χ3n) is 2.40. The van der Waals surface area contributed by atoms with Gasteiger partial charge in [0.25, 0.3) is 10.0 Å². The highest BCUT2D eigenvalue weighted by Gasteiger charge is 2.17. The molecular weight excluding hydrogens is 350 g/mol. The topological polar surface area (TPSA) is 55.4 Å². The lowest BCUT2D eigenvalue weighted by Gasteiger charge is -2.09. The van der Waals surface area contributed by atoms with Crippen molar-refractivity contribution in [2.45, 2.75) is 11.1 Å². The molecule has 1 N–H and O–H groups in total. The van der Waals surface area contributed by atoms with Gasteiger partial charge in [0.15, 0.2) is 0 Å². The van der Waals surface area contributed by atoms with E-state index in [1.54, 1.807) is 30.3 Å². The van der Waals surface area contributed by atoms with Crippen LogP contribution in [0.4, 0.5) is 5.69 Å². The molecule has 1 aromatic heterocycles. The van der Waals surface area contributed by atoms with Crippen molar-refractivity contribution in [1.82, 2.24) is 0 Å². The number of anilines is 1. The molecule has 0 aliphatic carbocycles. The number of benzene rings is 1. The molecule has 0 saturated carbocycles. The number of halogens is 1. The standard InChI is InChI=1S/C12H12BrNO3S2/c1-8-3-6-12(18-8)19(15,16)14-11-7-9(17-2)4-5-10(11)13/h3-7,14H,1-2H3. The fourth-order valence-electron chi connectivity index (χ4n) is 1.46. The monoisotopic (exact) mass is 361 g/mol. The Morgan fingerprint density at radius 1 is 1.26 bits per heavy atom. The van der Waals surface area contributed by atoms with E-state index in [2.05, 4.69) is 20.7 Å². The van der Waals surface area contributed by atoms with Gasteiger partial charge in [-0.25, -0.2) is 8.42 Å². The summed E-state index contributed by atoms with van der Waals surface area (Å²) in [7, 11) is -2.03. The number of thiophene rings is 1. The molecule has 0 aliphatic rings. The molecule has 0 amide bonds. The summed E-state index contributed by atoms with van der Waals surface area (Å²) in [4.78, 5) is 0.949. The molecule has 2 aromatic rings. The van der Waals surface area contributed by atoms with Gasteiger partial charge in [-0.05, 0) is 47.1 Å². The van der Waals surface area contributed by atoms with E-state index in [0.717, 1.165) is 4.88 Å². The molecule has 0 aliphatic heterocycles. The molecule has 0 spiro atoms. The highest BCUT2D eigenvalue weighted by molar-refractivity contribution is 9.10. The molecule has 0 unspecified atom stereocenters. The quantitative estimate of drug-likeness (QED) is 0.904. The van der Waals surface area contributed by atoms with Crippen LogP contribution in [-0.2, 0) is 10.0 Å². The van der Waals surface area contributed by atoms with Gasteiger partial charge in [0.2, 0.25) is 0 Å². The second kappa shape index (κ2) is 5.52. The van der Waals surface area contributed by atoms with Crippen LogP contribution >= 0.6 is 27.3 Å². The van der Waals surface area contributed by atoms with Gasteiger partial charge in [0.05, 0.1) is 12.8 Å². The minimum Gasteiger partial charge on any atom is -0.497 e. The lowest BCUT2D eigenvalue weighted by atomic mass is 10.3. The molecule has 0 saturated heterocycles. The Hall–Kier alpha value is -1.05. The van der Waals surface area contributed by atoms with E-state index in [0.29, 0.717) is 20.1 Å². The maximum atomic E-state index is 12.2. The van der Waals surface area contributed by atoms with Crippen molar-refractivity contribution in [3.63, 3.8) is 0 Å². The number of nitrogens with one attached hydrogen (secondary N) is 1. The molecule has 0 bridgehead atoms. The first kappa shape index (κ1) is 14.4. The third kappa shape index (κ3) is 3.29. The summed E-state index contributed by atoms with van der Waals surface area (Å²) in [6.07, 6.45) is 0. The summed E-state index contributed by atoms with van der Waals surface area (Å²) < 4.78 is 33.0. The number of hydrogen-bond acceptors (Lipinski definition) is 4. The molecule has 0 atom stereocenters. The summed E-state index contributed by atoms with van der Waals surface area (Å²) in [6, 6.07) is 8.48. The lowest BCUT2D eigenvalue weighted by molar-refractivity contribution is 0.415. The Labute approximate surface area is 124 Å². The molecule has 4 nitrogen and oxygen atoms in total. The van der Waals surface area contributed by atoms with Gasteiger partial charge >= 0.3 is 0 Å². The van der Waals surface area contributed by atoms with Crippen LogP contribution in [0.25, 0.3) is 0 Å². The Morgan fingerprint density at radius 2 is 2.00 bits per heavy atom. The zero-order valence-corrected chi connectivity index (χ0v) is 13.5. The average Bonchev–Trinajstić information content (AvgIpc) is 2.79. The number of ether oxygens (including phenoxy) is 1. The Morgan fingerprint density at radius 3 is 2.58 bits per heavy atom. The highest BCUT2D eigenvalue weighted by atomic mass is 79.9. The van der Waals surface area contributed by atoms with Gasteiger partial charge in [0, 0.05) is 15.4 Å². The first-order valence-electron chi connectivity index (χ1n) is 5.35. The SMILES string of the molecule is COc1ccc(Br)c(NS(=O)(=O)c2ccc(C)s2)c1. The summed E-state index contributed by atoms with van der Waals surface area (Å²) in [5, 5.41) is 0. The summed E-state index contributed by atoms with van der Waals surface area (Å²) in [6.45, 7) is 1.87. The lowest BCUT2D eigenvalue weighted by Crippen LogP contribution is -2.11. The number of hydrogen-bond donors (Lipinski definition) is 1. The van der Waals surface area contributed by atoms with E-state index in [9.17, 15) is 8.42 Å². The normalized spacial score (nSPS) is 11.3. The first-order chi connectivity index (χ1) is 8.92. The van der Waals surface area contributed by atoms with Crippen molar-refractivity contribution in [2.75, 3.05) is 11.8 Å². The van der Waals surface area contributed by atoms with E-state index < -0.39 is 10.0 Å². The van der Waals surface area contributed by atoms with Gasteiger partial charge < -0.3 is 4.74 Å². The Kier molecular flexibility index (Phi) is 4.17. The molecule has 19 heavy (non-hydrogen) atoms. The van der Waals surface area contributed by atoms with Gasteiger partial charge in [-0.15, -0.1) is 11.3 Å². The van der Waals surface area contributed by atoms with Crippen LogP contribution in [0.1, 0.15) is 4.88 Å².